The summed E-state index contributed by atoms with van der Waals surface area (Å²) in [5.41, 5.74) is 1.58. The number of nitrogens with one attached hydrogen (secondary N) is 1. The zero-order chi connectivity index (χ0) is 15.2. The van der Waals surface area contributed by atoms with E-state index in [9.17, 15) is 4.39 Å². The van der Waals surface area contributed by atoms with Crippen molar-refractivity contribution in [2.45, 2.75) is 19.4 Å². The summed E-state index contributed by atoms with van der Waals surface area (Å²) < 4.78 is 19.3. The molecule has 0 bridgehead atoms. The van der Waals surface area contributed by atoms with Gasteiger partial charge in [0, 0.05) is 22.8 Å². The van der Waals surface area contributed by atoms with Crippen LogP contribution in [0.15, 0.2) is 36.7 Å². The number of rotatable bonds is 6. The van der Waals surface area contributed by atoms with Crippen LogP contribution in [0.25, 0.3) is 0 Å². The minimum atomic E-state index is -0.293. The lowest BCUT2D eigenvalue weighted by Crippen LogP contribution is -2.24. The normalized spacial score (nSPS) is 12.2. The van der Waals surface area contributed by atoms with E-state index >= 15 is 0 Å². The van der Waals surface area contributed by atoms with Gasteiger partial charge in [-0.3, -0.25) is 4.98 Å². The van der Waals surface area contributed by atoms with Crippen molar-refractivity contribution in [3.63, 3.8) is 0 Å². The zero-order valence-corrected chi connectivity index (χ0v) is 12.8. The van der Waals surface area contributed by atoms with Crippen LogP contribution in [0, 0.1) is 5.82 Å². The van der Waals surface area contributed by atoms with Crippen LogP contribution >= 0.6 is 11.6 Å². The van der Waals surface area contributed by atoms with E-state index in [-0.39, 0.29) is 11.9 Å². The molecule has 0 aliphatic carbocycles. The standard InChI is InChI=1S/C16H18ClFN2O/c1-3-20-15(13-6-7-19-10-16(13)21-2)8-11-4-5-12(17)9-14(11)18/h4-7,9-10,15,20H,3,8H2,1-2H3. The fraction of sp³-hybridized carbons (Fsp3) is 0.312. The Morgan fingerprint density at radius 1 is 1.38 bits per heavy atom. The summed E-state index contributed by atoms with van der Waals surface area (Å²) in [5, 5.41) is 3.76. The number of ether oxygens (including phenoxy) is 1. The van der Waals surface area contributed by atoms with Crippen LogP contribution in [-0.2, 0) is 6.42 Å². The second-order valence-electron chi connectivity index (χ2n) is 4.67. The Morgan fingerprint density at radius 2 is 2.19 bits per heavy atom. The monoisotopic (exact) mass is 308 g/mol. The van der Waals surface area contributed by atoms with Gasteiger partial charge in [-0.1, -0.05) is 24.6 Å². The summed E-state index contributed by atoms with van der Waals surface area (Å²) in [6, 6.07) is 6.59. The Kier molecular flexibility index (Phi) is 5.53. The van der Waals surface area contributed by atoms with E-state index in [1.807, 2.05) is 13.0 Å². The van der Waals surface area contributed by atoms with Crippen molar-refractivity contribution in [1.29, 1.82) is 0 Å². The number of hydrogen-bond donors (Lipinski definition) is 1. The average molecular weight is 309 g/mol. The first-order valence-electron chi connectivity index (χ1n) is 6.81. The molecule has 0 aliphatic heterocycles. The molecule has 1 aromatic heterocycles. The van der Waals surface area contributed by atoms with Gasteiger partial charge in [-0.15, -0.1) is 0 Å². The van der Waals surface area contributed by atoms with Gasteiger partial charge in [0.1, 0.15) is 11.6 Å². The lowest BCUT2D eigenvalue weighted by Gasteiger charge is -2.21. The van der Waals surface area contributed by atoms with Gasteiger partial charge >= 0.3 is 0 Å². The highest BCUT2D eigenvalue weighted by molar-refractivity contribution is 6.30. The summed E-state index contributed by atoms with van der Waals surface area (Å²) in [7, 11) is 1.60. The molecule has 2 rings (SSSR count). The number of benzene rings is 1. The molecule has 1 unspecified atom stereocenters. The number of aromatic nitrogens is 1. The lowest BCUT2D eigenvalue weighted by atomic mass is 9.98. The second-order valence-corrected chi connectivity index (χ2v) is 5.10. The van der Waals surface area contributed by atoms with Crippen molar-refractivity contribution in [3.8, 4) is 5.75 Å². The van der Waals surface area contributed by atoms with Crippen molar-refractivity contribution in [2.24, 2.45) is 0 Å². The third kappa shape index (κ3) is 3.93. The van der Waals surface area contributed by atoms with Gasteiger partial charge < -0.3 is 10.1 Å². The van der Waals surface area contributed by atoms with Gasteiger partial charge in [-0.2, -0.15) is 0 Å². The molecule has 0 saturated carbocycles. The van der Waals surface area contributed by atoms with Crippen molar-refractivity contribution < 1.29 is 9.13 Å². The number of likely N-dealkylation sites (N-methyl/N-ethyl adjacent to an activating group) is 1. The highest BCUT2D eigenvalue weighted by atomic mass is 35.5. The van der Waals surface area contributed by atoms with Crippen molar-refractivity contribution in [2.75, 3.05) is 13.7 Å². The molecule has 0 fully saturated rings. The van der Waals surface area contributed by atoms with Gasteiger partial charge in [0.15, 0.2) is 0 Å². The van der Waals surface area contributed by atoms with Crippen LogP contribution in [-0.4, -0.2) is 18.6 Å². The van der Waals surface area contributed by atoms with Crippen LogP contribution < -0.4 is 10.1 Å². The maximum atomic E-state index is 14.0. The Labute approximate surface area is 129 Å². The minimum Gasteiger partial charge on any atom is -0.495 e. The molecule has 0 spiro atoms. The third-order valence-electron chi connectivity index (χ3n) is 3.30. The summed E-state index contributed by atoms with van der Waals surface area (Å²) in [6.45, 7) is 2.78. The van der Waals surface area contributed by atoms with Crippen LogP contribution in [0.5, 0.6) is 5.75 Å². The number of pyridine rings is 1. The molecular weight excluding hydrogens is 291 g/mol. The Bertz CT molecular complexity index is 607. The molecule has 0 aliphatic rings. The highest BCUT2D eigenvalue weighted by Gasteiger charge is 2.17. The number of nitrogens with zero attached hydrogens (tertiary/aromatic N) is 1. The van der Waals surface area contributed by atoms with Crippen LogP contribution in [0.4, 0.5) is 4.39 Å². The van der Waals surface area contributed by atoms with E-state index in [1.165, 1.54) is 6.07 Å². The van der Waals surface area contributed by atoms with Gasteiger partial charge in [0.25, 0.3) is 0 Å². The lowest BCUT2D eigenvalue weighted by molar-refractivity contribution is 0.396. The van der Waals surface area contributed by atoms with Gasteiger partial charge in [0.2, 0.25) is 0 Å². The predicted octanol–water partition coefficient (Wildman–Crippen LogP) is 3.78. The zero-order valence-electron chi connectivity index (χ0n) is 12.1. The second kappa shape index (κ2) is 7.38. The SMILES string of the molecule is CCNC(Cc1ccc(Cl)cc1F)c1ccncc1OC. The van der Waals surface area contributed by atoms with Crippen LogP contribution in [0.2, 0.25) is 5.02 Å². The first-order valence-corrected chi connectivity index (χ1v) is 7.18. The molecule has 5 heteroatoms. The average Bonchev–Trinajstić information content (AvgIpc) is 2.49. The summed E-state index contributed by atoms with van der Waals surface area (Å²) >= 11 is 5.80. The molecule has 1 heterocycles. The Balaban J connectivity index is 2.30. The maximum absolute atomic E-state index is 14.0. The highest BCUT2D eigenvalue weighted by Crippen LogP contribution is 2.28. The van der Waals surface area contributed by atoms with Crippen molar-refractivity contribution in [3.05, 3.63) is 58.6 Å². The Morgan fingerprint density at radius 3 is 2.86 bits per heavy atom. The van der Waals surface area contributed by atoms with Gasteiger partial charge in [-0.05, 0) is 36.7 Å². The molecule has 1 atom stereocenters. The molecule has 3 nitrogen and oxygen atoms in total. The molecule has 1 aromatic carbocycles. The number of methoxy groups -OCH3 is 1. The molecule has 2 aromatic rings. The fourth-order valence-corrected chi connectivity index (χ4v) is 2.45. The Hall–Kier alpha value is -1.65. The van der Waals surface area contributed by atoms with Crippen molar-refractivity contribution in [1.82, 2.24) is 10.3 Å². The van der Waals surface area contributed by atoms with E-state index in [1.54, 1.807) is 31.6 Å². The largest absolute Gasteiger partial charge is 0.495 e. The minimum absolute atomic E-state index is 0.0522. The van der Waals surface area contributed by atoms with Gasteiger partial charge in [-0.25, -0.2) is 4.39 Å². The summed E-state index contributed by atoms with van der Waals surface area (Å²) in [6.07, 6.45) is 3.88. The van der Waals surface area contributed by atoms with Gasteiger partial charge in [0.05, 0.1) is 13.3 Å². The van der Waals surface area contributed by atoms with E-state index in [0.717, 1.165) is 12.1 Å². The number of halogens is 2. The molecule has 0 radical (unpaired) electrons. The van der Waals surface area contributed by atoms with Crippen LogP contribution in [0.3, 0.4) is 0 Å². The van der Waals surface area contributed by atoms with Crippen molar-refractivity contribution >= 4 is 11.6 Å². The first kappa shape index (κ1) is 15.7. The molecule has 112 valence electrons. The molecular formula is C16H18ClFN2O. The van der Waals surface area contributed by atoms with Crippen LogP contribution in [0.1, 0.15) is 24.1 Å². The quantitative estimate of drug-likeness (QED) is 0.882. The van der Waals surface area contributed by atoms with E-state index in [4.69, 9.17) is 16.3 Å². The smallest absolute Gasteiger partial charge is 0.141 e. The fourth-order valence-electron chi connectivity index (χ4n) is 2.29. The maximum Gasteiger partial charge on any atom is 0.141 e. The predicted molar refractivity (Wildman–Crippen MR) is 82.3 cm³/mol. The number of hydrogen-bond acceptors (Lipinski definition) is 3. The topological polar surface area (TPSA) is 34.2 Å². The van der Waals surface area contributed by atoms with E-state index < -0.39 is 0 Å². The molecule has 1 N–H and O–H groups in total. The molecule has 0 amide bonds. The molecule has 0 saturated heterocycles. The first-order chi connectivity index (χ1) is 10.2. The van der Waals surface area contributed by atoms with E-state index in [2.05, 4.69) is 10.3 Å². The summed E-state index contributed by atoms with van der Waals surface area (Å²) in [4.78, 5) is 4.05. The third-order valence-corrected chi connectivity index (χ3v) is 3.54. The van der Waals surface area contributed by atoms with E-state index in [0.29, 0.717) is 22.8 Å². The summed E-state index contributed by atoms with van der Waals surface area (Å²) in [5.74, 6) is 0.399. The molecule has 21 heavy (non-hydrogen) atoms.